The van der Waals surface area contributed by atoms with E-state index in [0.29, 0.717) is 6.10 Å². The second-order valence-corrected chi connectivity index (χ2v) is 3.25. The molecule has 0 aromatic carbocycles. The summed E-state index contributed by atoms with van der Waals surface area (Å²) in [6.07, 6.45) is 10.8. The molecule has 62 valence electrons. The first-order valence-corrected chi connectivity index (χ1v) is 4.32. The van der Waals surface area contributed by atoms with E-state index in [1.54, 1.807) is 0 Å². The van der Waals surface area contributed by atoms with Crippen molar-refractivity contribution in [3.05, 3.63) is 41.4 Å². The van der Waals surface area contributed by atoms with Gasteiger partial charge in [0.05, 0.1) is 6.10 Å². The maximum absolute atomic E-state index is 5.61. The predicted octanol–water partition coefficient (Wildman–Crippen LogP) is 2.72. The van der Waals surface area contributed by atoms with Crippen LogP contribution >= 0.6 is 0 Å². The van der Waals surface area contributed by atoms with E-state index in [9.17, 15) is 0 Å². The van der Waals surface area contributed by atoms with E-state index in [1.165, 1.54) is 18.4 Å². The van der Waals surface area contributed by atoms with Crippen LogP contribution in [-0.4, -0.2) is 6.10 Å². The third kappa shape index (κ3) is 1.90. The Morgan fingerprint density at radius 3 is 2.92 bits per heavy atom. The van der Waals surface area contributed by atoms with Gasteiger partial charge in [-0.25, -0.2) is 0 Å². The van der Waals surface area contributed by atoms with Gasteiger partial charge in [0.1, 0.15) is 5.76 Å². The lowest BCUT2D eigenvalue weighted by Gasteiger charge is -2.01. The van der Waals surface area contributed by atoms with Gasteiger partial charge in [-0.05, 0) is 37.5 Å². The summed E-state index contributed by atoms with van der Waals surface area (Å²) in [5, 5.41) is 0. The molecule has 1 fully saturated rings. The van der Waals surface area contributed by atoms with Crippen LogP contribution in [0.25, 0.3) is 0 Å². The summed E-state index contributed by atoms with van der Waals surface area (Å²) in [5.41, 5.74) is 4.28. The second kappa shape index (κ2) is 3.04. The fourth-order valence-electron chi connectivity index (χ4n) is 1.02. The van der Waals surface area contributed by atoms with Crippen LogP contribution in [0.2, 0.25) is 0 Å². The molecule has 1 nitrogen and oxygen atoms in total. The normalized spacial score (nSPS) is 21.4. The smallest absolute Gasteiger partial charge is 0.127 e. The highest BCUT2D eigenvalue weighted by molar-refractivity contribution is 5.30. The van der Waals surface area contributed by atoms with Crippen molar-refractivity contribution in [3.63, 3.8) is 0 Å². The zero-order chi connectivity index (χ0) is 8.39. The fourth-order valence-corrected chi connectivity index (χ4v) is 1.02. The maximum Gasteiger partial charge on any atom is 0.127 e. The third-order valence-corrected chi connectivity index (χ3v) is 1.87. The molecule has 0 aromatic rings. The van der Waals surface area contributed by atoms with E-state index in [4.69, 9.17) is 4.74 Å². The Hall–Kier alpha value is -1.20. The molecule has 0 atom stereocenters. The van der Waals surface area contributed by atoms with E-state index < -0.39 is 0 Å². The van der Waals surface area contributed by atoms with Crippen LogP contribution in [0.5, 0.6) is 0 Å². The van der Waals surface area contributed by atoms with Crippen molar-refractivity contribution in [2.45, 2.75) is 25.9 Å². The first-order chi connectivity index (χ1) is 5.84. The summed E-state index contributed by atoms with van der Waals surface area (Å²) < 4.78 is 5.61. The molecule has 0 heterocycles. The van der Waals surface area contributed by atoms with Gasteiger partial charge in [-0.3, -0.25) is 0 Å². The fraction of sp³-hybridized carbons (Fsp3) is 0.364. The molecule has 2 aliphatic rings. The molecule has 1 heteroatoms. The molecule has 12 heavy (non-hydrogen) atoms. The summed E-state index contributed by atoms with van der Waals surface area (Å²) in [7, 11) is 0. The topological polar surface area (TPSA) is 9.23 Å². The Labute approximate surface area is 72.7 Å². The largest absolute Gasteiger partial charge is 0.490 e. The van der Waals surface area contributed by atoms with Crippen molar-refractivity contribution < 1.29 is 4.74 Å². The molecule has 2 aliphatic carbocycles. The molecule has 0 bridgehead atoms. The second-order valence-electron chi connectivity index (χ2n) is 3.25. The molecule has 0 aliphatic heterocycles. The first-order valence-electron chi connectivity index (χ1n) is 4.32. The van der Waals surface area contributed by atoms with Gasteiger partial charge in [0.15, 0.2) is 0 Å². The van der Waals surface area contributed by atoms with Crippen molar-refractivity contribution in [1.82, 2.24) is 0 Å². The molecular weight excluding hydrogens is 148 g/mol. The predicted molar refractivity (Wildman–Crippen MR) is 48.6 cm³/mol. The molecule has 2 rings (SSSR count). The van der Waals surface area contributed by atoms with Gasteiger partial charge in [-0.1, -0.05) is 6.08 Å². The molecule has 0 aromatic heterocycles. The summed E-state index contributed by atoms with van der Waals surface area (Å²) in [6.45, 7) is 2.05. The lowest BCUT2D eigenvalue weighted by molar-refractivity contribution is 0.209. The molecule has 1 saturated carbocycles. The van der Waals surface area contributed by atoms with Crippen molar-refractivity contribution >= 4 is 0 Å². The zero-order valence-corrected chi connectivity index (χ0v) is 7.21. The molecule has 0 radical (unpaired) electrons. The van der Waals surface area contributed by atoms with E-state index in [2.05, 4.69) is 12.7 Å². The molecule has 0 amide bonds. The van der Waals surface area contributed by atoms with Crippen LogP contribution in [-0.2, 0) is 4.74 Å². The van der Waals surface area contributed by atoms with Crippen LogP contribution in [0.1, 0.15) is 19.8 Å². The minimum absolute atomic E-state index is 0.473. The highest BCUT2D eigenvalue weighted by Gasteiger charge is 2.23. The van der Waals surface area contributed by atoms with E-state index in [1.807, 2.05) is 24.3 Å². The highest BCUT2D eigenvalue weighted by atomic mass is 16.5. The SMILES string of the molecule is CC1=CC=C(OC2CC2)C=C=C1. The maximum atomic E-state index is 5.61. The molecule has 0 unspecified atom stereocenters. The average molecular weight is 160 g/mol. The number of hydrogen-bond acceptors (Lipinski definition) is 1. The van der Waals surface area contributed by atoms with E-state index in [-0.39, 0.29) is 0 Å². The Morgan fingerprint density at radius 1 is 1.33 bits per heavy atom. The molecule has 0 N–H and O–H groups in total. The monoisotopic (exact) mass is 160 g/mol. The lowest BCUT2D eigenvalue weighted by Crippen LogP contribution is -1.90. The minimum atomic E-state index is 0.473. The molecule has 0 spiro atoms. The van der Waals surface area contributed by atoms with Crippen molar-refractivity contribution in [2.24, 2.45) is 0 Å². The molecule has 0 saturated heterocycles. The van der Waals surface area contributed by atoms with Gasteiger partial charge < -0.3 is 4.74 Å². The quantitative estimate of drug-likeness (QED) is 0.564. The number of allylic oxidation sites excluding steroid dienone is 4. The van der Waals surface area contributed by atoms with Crippen LogP contribution in [0.3, 0.4) is 0 Å². The average Bonchev–Trinajstić information content (AvgIpc) is 2.83. The van der Waals surface area contributed by atoms with Gasteiger partial charge in [0.2, 0.25) is 0 Å². The van der Waals surface area contributed by atoms with Crippen LogP contribution in [0, 0.1) is 0 Å². The van der Waals surface area contributed by atoms with Crippen LogP contribution < -0.4 is 0 Å². The van der Waals surface area contributed by atoms with Gasteiger partial charge >= 0.3 is 0 Å². The molecular formula is C11H12O. The summed E-state index contributed by atoms with van der Waals surface area (Å²) in [6, 6.07) is 0. The minimum Gasteiger partial charge on any atom is -0.490 e. The third-order valence-electron chi connectivity index (χ3n) is 1.87. The Kier molecular flexibility index (Phi) is 1.89. The van der Waals surface area contributed by atoms with Gasteiger partial charge in [-0.15, -0.1) is 5.73 Å². The Morgan fingerprint density at radius 2 is 2.17 bits per heavy atom. The number of rotatable bonds is 2. The Bertz CT molecular complexity index is 297. The summed E-state index contributed by atoms with van der Waals surface area (Å²) >= 11 is 0. The van der Waals surface area contributed by atoms with Crippen molar-refractivity contribution in [1.29, 1.82) is 0 Å². The number of hydrogen-bond donors (Lipinski definition) is 0. The van der Waals surface area contributed by atoms with Gasteiger partial charge in [-0.2, -0.15) is 0 Å². The summed E-state index contributed by atoms with van der Waals surface area (Å²) in [4.78, 5) is 0. The standard InChI is InChI=1S/C11H12O/c1-9-3-2-4-10(6-5-9)12-11-7-8-11/h3-6,11H,7-8H2,1H3. The van der Waals surface area contributed by atoms with Crippen LogP contribution in [0.4, 0.5) is 0 Å². The van der Waals surface area contributed by atoms with Gasteiger partial charge in [0, 0.05) is 6.08 Å². The Balaban J connectivity index is 2.09. The summed E-state index contributed by atoms with van der Waals surface area (Å²) in [5.74, 6) is 0.936. The van der Waals surface area contributed by atoms with Gasteiger partial charge in [0.25, 0.3) is 0 Å². The number of ether oxygens (including phenoxy) is 1. The highest BCUT2D eigenvalue weighted by Crippen LogP contribution is 2.26. The van der Waals surface area contributed by atoms with Crippen LogP contribution in [0.15, 0.2) is 41.4 Å². The first kappa shape index (κ1) is 7.45. The van der Waals surface area contributed by atoms with Crippen molar-refractivity contribution in [2.75, 3.05) is 0 Å². The van der Waals surface area contributed by atoms with E-state index in [0.717, 1.165) is 5.76 Å². The van der Waals surface area contributed by atoms with E-state index >= 15 is 0 Å². The zero-order valence-electron chi connectivity index (χ0n) is 7.21. The van der Waals surface area contributed by atoms with Crippen molar-refractivity contribution in [3.8, 4) is 0 Å². The lowest BCUT2D eigenvalue weighted by atomic mass is 10.3.